The van der Waals surface area contributed by atoms with Crippen molar-refractivity contribution in [2.75, 3.05) is 0 Å². The molecule has 0 bridgehead atoms. The van der Waals surface area contributed by atoms with Gasteiger partial charge in [0.05, 0.1) is 5.03 Å². The van der Waals surface area contributed by atoms with Crippen molar-refractivity contribution < 1.29 is 9.59 Å². The Morgan fingerprint density at radius 2 is 1.08 bits per heavy atom. The third kappa shape index (κ3) is 8.82. The van der Waals surface area contributed by atoms with E-state index in [4.69, 9.17) is 11.6 Å². The summed E-state index contributed by atoms with van der Waals surface area (Å²) in [6.45, 7) is 2.26. The van der Waals surface area contributed by atoms with E-state index in [9.17, 15) is 9.59 Å². The monoisotopic (exact) mass is 352 g/mol. The van der Waals surface area contributed by atoms with Gasteiger partial charge in [0.1, 0.15) is 0 Å². The molecule has 0 aliphatic heterocycles. The van der Waals surface area contributed by atoms with Crippen molar-refractivity contribution in [2.24, 2.45) is 0 Å². The van der Waals surface area contributed by atoms with Crippen LogP contribution in [0.2, 0.25) is 0 Å². The molecule has 1 rings (SSSR count). The van der Waals surface area contributed by atoms with Crippen LogP contribution in [0.5, 0.6) is 0 Å². The molecule has 1 aliphatic carbocycles. The summed E-state index contributed by atoms with van der Waals surface area (Å²) >= 11 is 5.94. The van der Waals surface area contributed by atoms with Crippen molar-refractivity contribution in [1.29, 1.82) is 0 Å². The lowest BCUT2D eigenvalue weighted by atomic mass is 9.97. The molecule has 0 spiro atoms. The summed E-state index contributed by atoms with van der Waals surface area (Å²) in [6, 6.07) is 0. The summed E-state index contributed by atoms with van der Waals surface area (Å²) < 4.78 is 0. The van der Waals surface area contributed by atoms with E-state index in [1.165, 1.54) is 82.8 Å². The summed E-state index contributed by atoms with van der Waals surface area (Å²) in [5, 5.41) is 0.126. The molecule has 0 saturated heterocycles. The van der Waals surface area contributed by atoms with Crippen LogP contribution in [0.3, 0.4) is 0 Å². The van der Waals surface area contributed by atoms with Crippen LogP contribution in [0.25, 0.3) is 0 Å². The zero-order valence-electron chi connectivity index (χ0n) is 15.2. The molecule has 24 heavy (non-hydrogen) atoms. The van der Waals surface area contributed by atoms with E-state index in [0.29, 0.717) is 12.0 Å². The quantitative estimate of drug-likeness (QED) is 0.258. The van der Waals surface area contributed by atoms with E-state index in [1.54, 1.807) is 0 Å². The van der Waals surface area contributed by atoms with Gasteiger partial charge in [0.2, 0.25) is 0 Å². The number of carbonyl (C=O) groups excluding carboxylic acids is 2. The Morgan fingerprint density at radius 1 is 0.667 bits per heavy atom. The van der Waals surface area contributed by atoms with Crippen LogP contribution >= 0.6 is 11.6 Å². The fourth-order valence-corrected chi connectivity index (χ4v) is 3.39. The van der Waals surface area contributed by atoms with Gasteiger partial charge in [-0.25, -0.2) is 0 Å². The average molecular weight is 353 g/mol. The van der Waals surface area contributed by atoms with Crippen LogP contribution in [0.15, 0.2) is 22.8 Å². The number of carbonyl (C=O) groups is 2. The average Bonchev–Trinajstić information content (AvgIpc) is 2.58. The second-order valence-electron chi connectivity index (χ2n) is 6.85. The Labute approximate surface area is 152 Å². The fourth-order valence-electron chi connectivity index (χ4n) is 3.13. The van der Waals surface area contributed by atoms with Crippen LogP contribution in [0, 0.1) is 0 Å². The van der Waals surface area contributed by atoms with Gasteiger partial charge in [0.25, 0.3) is 0 Å². The molecular formula is C21H33ClO2. The molecule has 0 heterocycles. The van der Waals surface area contributed by atoms with Crippen molar-refractivity contribution in [3.8, 4) is 0 Å². The lowest BCUT2D eigenvalue weighted by Gasteiger charge is -2.09. The minimum absolute atomic E-state index is 0.0986. The van der Waals surface area contributed by atoms with Crippen molar-refractivity contribution in [3.63, 3.8) is 0 Å². The first-order chi connectivity index (χ1) is 11.7. The molecule has 0 aromatic heterocycles. The molecule has 0 saturated carbocycles. The number of hydrogen-bond donors (Lipinski definition) is 0. The van der Waals surface area contributed by atoms with E-state index in [1.807, 2.05) is 0 Å². The third-order valence-electron chi connectivity index (χ3n) is 4.70. The summed E-state index contributed by atoms with van der Waals surface area (Å²) in [4.78, 5) is 23.2. The Balaban J connectivity index is 1.93. The normalized spacial score (nSPS) is 14.8. The first-order valence-corrected chi connectivity index (χ1v) is 10.2. The molecule has 3 heteroatoms. The van der Waals surface area contributed by atoms with E-state index in [0.717, 1.165) is 12.8 Å². The summed E-state index contributed by atoms with van der Waals surface area (Å²) in [6.07, 6.45) is 20.1. The van der Waals surface area contributed by atoms with E-state index in [2.05, 4.69) is 6.92 Å². The summed E-state index contributed by atoms with van der Waals surface area (Å²) in [5.41, 5.74) is 0.507. The maximum Gasteiger partial charge on any atom is 0.197 e. The van der Waals surface area contributed by atoms with E-state index >= 15 is 0 Å². The number of ketones is 2. The molecule has 0 unspecified atom stereocenters. The Bertz CT molecular complexity index is 449. The standard InChI is InChI=1S/C21H33ClO2/c1-2-3-4-5-6-7-8-9-10-11-12-13-14-15-18-19(23)16-17-20(24)21(18)22/h16-17H,2-15H2,1H3. The van der Waals surface area contributed by atoms with E-state index < -0.39 is 0 Å². The molecule has 136 valence electrons. The Kier molecular flexibility index (Phi) is 11.8. The van der Waals surface area contributed by atoms with Crippen molar-refractivity contribution in [1.82, 2.24) is 0 Å². The largest absolute Gasteiger partial charge is 0.290 e. The van der Waals surface area contributed by atoms with Gasteiger partial charge in [-0.05, 0) is 25.0 Å². The highest BCUT2D eigenvalue weighted by Crippen LogP contribution is 2.23. The van der Waals surface area contributed by atoms with Crippen LogP contribution in [-0.2, 0) is 9.59 Å². The molecule has 0 aromatic carbocycles. The van der Waals surface area contributed by atoms with Crippen LogP contribution in [0.4, 0.5) is 0 Å². The number of unbranched alkanes of at least 4 members (excludes halogenated alkanes) is 12. The van der Waals surface area contributed by atoms with Gasteiger partial charge in [0, 0.05) is 5.57 Å². The van der Waals surface area contributed by atoms with Gasteiger partial charge in [-0.2, -0.15) is 0 Å². The van der Waals surface area contributed by atoms with Gasteiger partial charge in [-0.3, -0.25) is 9.59 Å². The zero-order chi connectivity index (χ0) is 17.6. The van der Waals surface area contributed by atoms with Crippen molar-refractivity contribution >= 4 is 23.2 Å². The number of halogens is 1. The molecular weight excluding hydrogens is 320 g/mol. The topological polar surface area (TPSA) is 34.1 Å². The number of rotatable bonds is 14. The minimum atomic E-state index is -0.235. The SMILES string of the molecule is CCCCCCCCCCCCCCCC1=C(Cl)C(=O)C=CC1=O. The fraction of sp³-hybridized carbons (Fsp3) is 0.714. The lowest BCUT2D eigenvalue weighted by molar-refractivity contribution is -0.114. The van der Waals surface area contributed by atoms with E-state index in [-0.39, 0.29) is 16.6 Å². The summed E-state index contributed by atoms with van der Waals surface area (Å²) in [7, 11) is 0. The highest BCUT2D eigenvalue weighted by molar-refractivity contribution is 6.48. The highest BCUT2D eigenvalue weighted by atomic mass is 35.5. The maximum atomic E-state index is 11.7. The van der Waals surface area contributed by atoms with Gasteiger partial charge < -0.3 is 0 Å². The van der Waals surface area contributed by atoms with Gasteiger partial charge in [-0.1, -0.05) is 95.6 Å². The van der Waals surface area contributed by atoms with Crippen molar-refractivity contribution in [3.05, 3.63) is 22.8 Å². The molecule has 2 nitrogen and oxygen atoms in total. The van der Waals surface area contributed by atoms with Gasteiger partial charge >= 0.3 is 0 Å². The molecule has 0 aromatic rings. The zero-order valence-corrected chi connectivity index (χ0v) is 16.0. The number of allylic oxidation sites excluding steroid dienone is 4. The highest BCUT2D eigenvalue weighted by Gasteiger charge is 2.20. The molecule has 0 amide bonds. The Hall–Kier alpha value is -0.890. The predicted molar refractivity (Wildman–Crippen MR) is 102 cm³/mol. The van der Waals surface area contributed by atoms with Gasteiger partial charge in [-0.15, -0.1) is 0 Å². The predicted octanol–water partition coefficient (Wildman–Crippen LogP) is 6.67. The Morgan fingerprint density at radius 3 is 1.58 bits per heavy atom. The molecule has 0 fully saturated rings. The van der Waals surface area contributed by atoms with Crippen LogP contribution in [-0.4, -0.2) is 11.6 Å². The lowest BCUT2D eigenvalue weighted by Crippen LogP contribution is -2.11. The van der Waals surface area contributed by atoms with Gasteiger partial charge in [0.15, 0.2) is 11.6 Å². The molecule has 0 N–H and O–H groups in total. The molecule has 1 aliphatic rings. The van der Waals surface area contributed by atoms with Crippen LogP contribution in [0.1, 0.15) is 96.8 Å². The van der Waals surface area contributed by atoms with Crippen LogP contribution < -0.4 is 0 Å². The summed E-state index contributed by atoms with van der Waals surface area (Å²) in [5.74, 6) is -0.334. The molecule has 0 radical (unpaired) electrons. The number of hydrogen-bond acceptors (Lipinski definition) is 2. The second kappa shape index (κ2) is 13.4. The maximum absolute atomic E-state index is 11.7. The third-order valence-corrected chi connectivity index (χ3v) is 5.11. The first-order valence-electron chi connectivity index (χ1n) is 9.82. The van der Waals surface area contributed by atoms with Crippen molar-refractivity contribution in [2.45, 2.75) is 96.8 Å². The first kappa shape index (κ1) is 21.2. The second-order valence-corrected chi connectivity index (χ2v) is 7.22. The minimum Gasteiger partial charge on any atom is -0.290 e. The molecule has 0 atom stereocenters. The smallest absolute Gasteiger partial charge is 0.197 e.